The summed E-state index contributed by atoms with van der Waals surface area (Å²) in [5, 5.41) is 0. The van der Waals surface area contributed by atoms with E-state index >= 15 is 0 Å². The van der Waals surface area contributed by atoms with Gasteiger partial charge in [0.1, 0.15) is 5.71 Å². The standard InChI is InChI=1S/C19H22N2O/c1-4-16-8-10-17(11-9-16)15(2)14-18(20-3)19(22)21-12-6-5-7-13-21/h1,8-11,14H,5-7,12-13H2,2-3H3/b15-14+,20-18?. The predicted octanol–water partition coefficient (Wildman–Crippen LogP) is 3.15. The first-order valence-electron chi connectivity index (χ1n) is 7.67. The van der Waals surface area contributed by atoms with E-state index in [1.807, 2.05) is 42.2 Å². The lowest BCUT2D eigenvalue weighted by molar-refractivity contribution is -0.124. The van der Waals surface area contributed by atoms with E-state index < -0.39 is 0 Å². The third-order valence-corrected chi connectivity index (χ3v) is 3.96. The Hall–Kier alpha value is -2.34. The van der Waals surface area contributed by atoms with Crippen molar-refractivity contribution in [1.82, 2.24) is 4.90 Å². The molecule has 0 spiro atoms. The molecule has 1 heterocycles. The van der Waals surface area contributed by atoms with Crippen LogP contribution in [0.2, 0.25) is 0 Å². The van der Waals surface area contributed by atoms with Crippen LogP contribution in [0.15, 0.2) is 35.3 Å². The zero-order valence-corrected chi connectivity index (χ0v) is 13.3. The first-order valence-corrected chi connectivity index (χ1v) is 7.67. The van der Waals surface area contributed by atoms with Crippen molar-refractivity contribution in [2.24, 2.45) is 4.99 Å². The normalized spacial score (nSPS) is 16.3. The van der Waals surface area contributed by atoms with E-state index in [4.69, 9.17) is 6.42 Å². The number of carbonyl (C=O) groups is 1. The van der Waals surface area contributed by atoms with Crippen LogP contribution in [0.5, 0.6) is 0 Å². The number of amides is 1. The van der Waals surface area contributed by atoms with Gasteiger partial charge < -0.3 is 4.90 Å². The Balaban J connectivity index is 2.16. The van der Waals surface area contributed by atoms with Gasteiger partial charge in [0.05, 0.1) is 0 Å². The number of terminal acetylenes is 1. The maximum Gasteiger partial charge on any atom is 0.271 e. The molecule has 3 nitrogen and oxygen atoms in total. The van der Waals surface area contributed by atoms with Crippen LogP contribution < -0.4 is 0 Å². The highest BCUT2D eigenvalue weighted by atomic mass is 16.2. The molecule has 1 saturated heterocycles. The second-order valence-corrected chi connectivity index (χ2v) is 5.51. The van der Waals surface area contributed by atoms with Crippen LogP contribution >= 0.6 is 0 Å². The van der Waals surface area contributed by atoms with Gasteiger partial charge in [-0.05, 0) is 55.5 Å². The summed E-state index contributed by atoms with van der Waals surface area (Å²) in [4.78, 5) is 18.6. The minimum absolute atomic E-state index is 0.0294. The molecule has 1 aliphatic rings. The van der Waals surface area contributed by atoms with Gasteiger partial charge in [0.25, 0.3) is 5.91 Å². The van der Waals surface area contributed by atoms with Gasteiger partial charge in [0.2, 0.25) is 0 Å². The van der Waals surface area contributed by atoms with Crippen LogP contribution in [0.1, 0.15) is 37.3 Å². The quantitative estimate of drug-likeness (QED) is 0.622. The van der Waals surface area contributed by atoms with E-state index in [2.05, 4.69) is 10.9 Å². The van der Waals surface area contributed by atoms with Crippen molar-refractivity contribution in [2.45, 2.75) is 26.2 Å². The summed E-state index contributed by atoms with van der Waals surface area (Å²) >= 11 is 0. The van der Waals surface area contributed by atoms with Gasteiger partial charge >= 0.3 is 0 Å². The molecule has 1 aliphatic heterocycles. The monoisotopic (exact) mass is 294 g/mol. The molecule has 0 N–H and O–H groups in total. The van der Waals surface area contributed by atoms with E-state index in [0.29, 0.717) is 5.71 Å². The van der Waals surface area contributed by atoms with Gasteiger partial charge in [-0.15, -0.1) is 6.42 Å². The molecule has 2 rings (SSSR count). The average molecular weight is 294 g/mol. The van der Waals surface area contributed by atoms with Gasteiger partial charge in [-0.1, -0.05) is 18.1 Å². The van der Waals surface area contributed by atoms with Crippen LogP contribution in [-0.2, 0) is 4.79 Å². The molecule has 0 aliphatic carbocycles. The fraction of sp³-hybridized carbons (Fsp3) is 0.368. The van der Waals surface area contributed by atoms with E-state index in [0.717, 1.165) is 42.6 Å². The van der Waals surface area contributed by atoms with Crippen LogP contribution in [0, 0.1) is 12.3 Å². The minimum atomic E-state index is 0.0294. The lowest BCUT2D eigenvalue weighted by Gasteiger charge is -2.26. The number of rotatable bonds is 3. The first-order chi connectivity index (χ1) is 10.7. The number of nitrogens with zero attached hydrogens (tertiary/aromatic N) is 2. The lowest BCUT2D eigenvalue weighted by atomic mass is 10.0. The molecular weight excluding hydrogens is 272 g/mol. The zero-order chi connectivity index (χ0) is 15.9. The van der Waals surface area contributed by atoms with Crippen molar-refractivity contribution >= 4 is 17.2 Å². The van der Waals surface area contributed by atoms with Gasteiger partial charge in [0.15, 0.2) is 0 Å². The highest BCUT2D eigenvalue weighted by Gasteiger charge is 2.19. The van der Waals surface area contributed by atoms with Gasteiger partial charge in [0, 0.05) is 25.7 Å². The summed E-state index contributed by atoms with van der Waals surface area (Å²) in [6, 6.07) is 7.75. The second kappa shape index (κ2) is 7.61. The summed E-state index contributed by atoms with van der Waals surface area (Å²) in [5.41, 5.74) is 3.42. The molecule has 0 atom stereocenters. The predicted molar refractivity (Wildman–Crippen MR) is 91.8 cm³/mol. The SMILES string of the molecule is C#Cc1ccc(/C(C)=C/C(=NC)C(=O)N2CCCCC2)cc1. The van der Waals surface area contributed by atoms with Crippen molar-refractivity contribution in [2.75, 3.05) is 20.1 Å². The van der Waals surface area contributed by atoms with Crippen LogP contribution in [0.3, 0.4) is 0 Å². The number of piperidine rings is 1. The Kier molecular flexibility index (Phi) is 5.55. The number of aliphatic imine (C=N–C) groups is 1. The van der Waals surface area contributed by atoms with E-state index in [1.165, 1.54) is 6.42 Å². The summed E-state index contributed by atoms with van der Waals surface area (Å²) in [6.07, 6.45) is 10.6. The molecule has 0 unspecified atom stereocenters. The Morgan fingerprint density at radius 3 is 2.41 bits per heavy atom. The number of hydrogen-bond donors (Lipinski definition) is 0. The smallest absolute Gasteiger partial charge is 0.271 e. The van der Waals surface area contributed by atoms with Crippen molar-refractivity contribution < 1.29 is 4.79 Å². The summed E-state index contributed by atoms with van der Waals surface area (Å²) in [6.45, 7) is 3.66. The largest absolute Gasteiger partial charge is 0.337 e. The molecule has 3 heteroatoms. The molecule has 0 radical (unpaired) electrons. The fourth-order valence-corrected chi connectivity index (χ4v) is 2.60. The Morgan fingerprint density at radius 2 is 1.86 bits per heavy atom. The molecule has 1 aromatic rings. The molecule has 114 valence electrons. The number of hydrogen-bond acceptors (Lipinski definition) is 2. The Morgan fingerprint density at radius 1 is 1.23 bits per heavy atom. The van der Waals surface area contributed by atoms with Crippen molar-refractivity contribution in [3.05, 3.63) is 41.5 Å². The molecular formula is C19H22N2O. The molecule has 1 amide bonds. The molecule has 0 aromatic heterocycles. The maximum atomic E-state index is 12.5. The van der Waals surface area contributed by atoms with E-state index in [1.54, 1.807) is 7.05 Å². The highest BCUT2D eigenvalue weighted by molar-refractivity contribution is 6.44. The van der Waals surface area contributed by atoms with Crippen LogP contribution in [0.25, 0.3) is 5.57 Å². The van der Waals surface area contributed by atoms with Crippen molar-refractivity contribution in [3.8, 4) is 12.3 Å². The van der Waals surface area contributed by atoms with E-state index in [9.17, 15) is 4.79 Å². The number of benzene rings is 1. The topological polar surface area (TPSA) is 32.7 Å². The van der Waals surface area contributed by atoms with E-state index in [-0.39, 0.29) is 5.91 Å². The van der Waals surface area contributed by atoms with Crippen molar-refractivity contribution in [1.29, 1.82) is 0 Å². The van der Waals surface area contributed by atoms with Gasteiger partial charge in [-0.25, -0.2) is 0 Å². The third kappa shape index (κ3) is 3.85. The van der Waals surface area contributed by atoms with Crippen molar-refractivity contribution in [3.63, 3.8) is 0 Å². The zero-order valence-electron chi connectivity index (χ0n) is 13.3. The summed E-state index contributed by atoms with van der Waals surface area (Å²) in [5.74, 6) is 2.63. The van der Waals surface area contributed by atoms with Gasteiger partial charge in [-0.3, -0.25) is 9.79 Å². The minimum Gasteiger partial charge on any atom is -0.337 e. The average Bonchev–Trinajstić information content (AvgIpc) is 2.59. The Labute approximate surface area is 132 Å². The van der Waals surface area contributed by atoms with Gasteiger partial charge in [-0.2, -0.15) is 0 Å². The number of carbonyl (C=O) groups excluding carboxylic acids is 1. The molecule has 1 aromatic carbocycles. The number of allylic oxidation sites excluding steroid dienone is 1. The molecule has 1 fully saturated rings. The third-order valence-electron chi connectivity index (χ3n) is 3.96. The highest BCUT2D eigenvalue weighted by Crippen LogP contribution is 2.16. The molecule has 22 heavy (non-hydrogen) atoms. The van der Waals surface area contributed by atoms with Crippen LogP contribution in [-0.4, -0.2) is 36.7 Å². The fourth-order valence-electron chi connectivity index (χ4n) is 2.60. The molecule has 0 saturated carbocycles. The lowest BCUT2D eigenvalue weighted by Crippen LogP contribution is -2.39. The first kappa shape index (κ1) is 16.0. The Bertz CT molecular complexity index is 626. The summed E-state index contributed by atoms with van der Waals surface area (Å²) in [7, 11) is 1.67. The second-order valence-electron chi connectivity index (χ2n) is 5.51. The summed E-state index contributed by atoms with van der Waals surface area (Å²) < 4.78 is 0. The maximum absolute atomic E-state index is 12.5. The molecule has 0 bridgehead atoms. The number of likely N-dealkylation sites (tertiary alicyclic amines) is 1. The van der Waals surface area contributed by atoms with Crippen LogP contribution in [0.4, 0.5) is 0 Å².